The molecule has 3 aromatic rings. The third-order valence-electron chi connectivity index (χ3n) is 4.34. The molecule has 0 saturated heterocycles. The highest BCUT2D eigenvalue weighted by molar-refractivity contribution is 5.79. The van der Waals surface area contributed by atoms with E-state index in [1.54, 1.807) is 7.05 Å². The van der Waals surface area contributed by atoms with Gasteiger partial charge in [-0.25, -0.2) is 0 Å². The number of carbonyl (C=O) groups excluding carboxylic acids is 1. The first-order valence-electron chi connectivity index (χ1n) is 9.12. The predicted octanol–water partition coefficient (Wildman–Crippen LogP) is 3.74. The van der Waals surface area contributed by atoms with Crippen LogP contribution in [0.4, 0.5) is 0 Å². The largest absolute Gasteiger partial charge is 0.457 e. The molecule has 0 aromatic heterocycles. The van der Waals surface area contributed by atoms with Crippen molar-refractivity contribution in [3.8, 4) is 22.6 Å². The Bertz CT molecular complexity index is 895. The minimum atomic E-state index is -0.486. The van der Waals surface area contributed by atoms with Gasteiger partial charge in [0.2, 0.25) is 5.91 Å². The van der Waals surface area contributed by atoms with Gasteiger partial charge >= 0.3 is 0 Å². The molecule has 3 rings (SSSR count). The van der Waals surface area contributed by atoms with Crippen molar-refractivity contribution in [3.05, 3.63) is 84.4 Å². The molecule has 0 radical (unpaired) electrons. The van der Waals surface area contributed by atoms with Gasteiger partial charge in [-0.05, 0) is 54.1 Å². The summed E-state index contributed by atoms with van der Waals surface area (Å²) < 4.78 is 11.5. The lowest BCUT2D eigenvalue weighted by Gasteiger charge is -2.13. The quantitative estimate of drug-likeness (QED) is 0.597. The number of primary amides is 1. The Morgan fingerprint density at radius 2 is 1.64 bits per heavy atom. The van der Waals surface area contributed by atoms with Crippen molar-refractivity contribution in [2.45, 2.75) is 12.6 Å². The Kier molecular flexibility index (Phi) is 6.78. The van der Waals surface area contributed by atoms with Gasteiger partial charge in [0.15, 0.2) is 0 Å². The zero-order valence-electron chi connectivity index (χ0n) is 15.8. The Labute approximate surface area is 165 Å². The van der Waals surface area contributed by atoms with E-state index >= 15 is 0 Å². The first-order valence-corrected chi connectivity index (χ1v) is 9.12. The second kappa shape index (κ2) is 9.69. The van der Waals surface area contributed by atoms with E-state index in [1.807, 2.05) is 66.7 Å². The fourth-order valence-electron chi connectivity index (χ4n) is 2.78. The molecule has 3 aromatic carbocycles. The molecule has 0 bridgehead atoms. The van der Waals surface area contributed by atoms with E-state index in [9.17, 15) is 4.79 Å². The van der Waals surface area contributed by atoms with Crippen LogP contribution in [0.15, 0.2) is 78.9 Å². The molecule has 0 spiro atoms. The van der Waals surface area contributed by atoms with Crippen molar-refractivity contribution in [2.75, 3.05) is 13.7 Å². The summed E-state index contributed by atoms with van der Waals surface area (Å²) in [6, 6.07) is 25.3. The molecular weight excluding hydrogens is 352 g/mol. The summed E-state index contributed by atoms with van der Waals surface area (Å²) >= 11 is 0. The second-order valence-electron chi connectivity index (χ2n) is 6.40. The van der Waals surface area contributed by atoms with Crippen LogP contribution in [0.2, 0.25) is 0 Å². The Balaban J connectivity index is 1.62. The molecule has 0 aliphatic carbocycles. The van der Waals surface area contributed by atoms with Crippen LogP contribution in [0.1, 0.15) is 5.56 Å². The van der Waals surface area contributed by atoms with Gasteiger partial charge in [0.05, 0.1) is 13.2 Å². The van der Waals surface area contributed by atoms with Gasteiger partial charge in [0, 0.05) is 0 Å². The zero-order chi connectivity index (χ0) is 19.8. The fraction of sp³-hybridized carbons (Fsp3) is 0.174. The van der Waals surface area contributed by atoms with E-state index in [1.165, 1.54) is 0 Å². The standard InChI is InChI=1S/C23H24N2O3/c1-25-22(23(24)26)16-27-15-17-6-5-7-19(14-17)18-10-12-21(13-11-18)28-20-8-3-2-4-9-20/h2-14,22,25H,15-16H2,1H3,(H2,24,26). The van der Waals surface area contributed by atoms with Gasteiger partial charge in [-0.3, -0.25) is 4.79 Å². The number of nitrogens with two attached hydrogens (primary N) is 1. The number of rotatable bonds is 9. The number of carbonyl (C=O) groups is 1. The van der Waals surface area contributed by atoms with E-state index in [2.05, 4.69) is 17.4 Å². The van der Waals surface area contributed by atoms with Gasteiger partial charge in [-0.2, -0.15) is 0 Å². The number of benzene rings is 3. The van der Waals surface area contributed by atoms with Crippen molar-refractivity contribution in [2.24, 2.45) is 5.73 Å². The maximum atomic E-state index is 11.2. The predicted molar refractivity (Wildman–Crippen MR) is 110 cm³/mol. The number of hydrogen-bond donors (Lipinski definition) is 2. The molecule has 0 heterocycles. The lowest BCUT2D eigenvalue weighted by atomic mass is 10.0. The third-order valence-corrected chi connectivity index (χ3v) is 4.34. The van der Waals surface area contributed by atoms with Crippen molar-refractivity contribution in [1.82, 2.24) is 5.32 Å². The zero-order valence-corrected chi connectivity index (χ0v) is 15.8. The van der Waals surface area contributed by atoms with E-state index in [4.69, 9.17) is 15.2 Å². The smallest absolute Gasteiger partial charge is 0.236 e. The summed E-state index contributed by atoms with van der Waals surface area (Å²) in [5.41, 5.74) is 8.51. The van der Waals surface area contributed by atoms with Crippen LogP contribution in [0, 0.1) is 0 Å². The first kappa shape index (κ1) is 19.6. The molecular formula is C23H24N2O3. The average Bonchev–Trinajstić information content (AvgIpc) is 2.72. The molecule has 0 aliphatic heterocycles. The number of nitrogens with one attached hydrogen (secondary N) is 1. The normalized spacial score (nSPS) is 11.8. The van der Waals surface area contributed by atoms with Crippen molar-refractivity contribution < 1.29 is 14.3 Å². The SMILES string of the molecule is CNC(COCc1cccc(-c2ccc(Oc3ccccc3)cc2)c1)C(N)=O. The van der Waals surface area contributed by atoms with Crippen LogP contribution in [-0.2, 0) is 16.1 Å². The minimum absolute atomic E-state index is 0.238. The topological polar surface area (TPSA) is 73.6 Å². The molecule has 5 heteroatoms. The second-order valence-corrected chi connectivity index (χ2v) is 6.40. The molecule has 1 amide bonds. The van der Waals surface area contributed by atoms with E-state index in [-0.39, 0.29) is 6.61 Å². The van der Waals surface area contributed by atoms with Gasteiger partial charge < -0.3 is 20.5 Å². The lowest BCUT2D eigenvalue weighted by Crippen LogP contribution is -2.42. The molecule has 28 heavy (non-hydrogen) atoms. The van der Waals surface area contributed by atoms with Gasteiger partial charge in [0.1, 0.15) is 17.5 Å². The van der Waals surface area contributed by atoms with E-state index < -0.39 is 11.9 Å². The molecule has 3 N–H and O–H groups in total. The van der Waals surface area contributed by atoms with E-state index in [0.717, 1.165) is 28.2 Å². The Morgan fingerprint density at radius 1 is 0.929 bits per heavy atom. The number of amides is 1. The molecule has 0 fully saturated rings. The average molecular weight is 376 g/mol. The van der Waals surface area contributed by atoms with Crippen molar-refractivity contribution in [1.29, 1.82) is 0 Å². The maximum absolute atomic E-state index is 11.2. The van der Waals surface area contributed by atoms with Crippen LogP contribution >= 0.6 is 0 Å². The summed E-state index contributed by atoms with van der Waals surface area (Å²) in [5.74, 6) is 1.18. The number of hydrogen-bond acceptors (Lipinski definition) is 4. The Morgan fingerprint density at radius 3 is 2.32 bits per heavy atom. The summed E-state index contributed by atoms with van der Waals surface area (Å²) in [7, 11) is 1.69. The highest BCUT2D eigenvalue weighted by Crippen LogP contribution is 2.26. The fourth-order valence-corrected chi connectivity index (χ4v) is 2.78. The van der Waals surface area contributed by atoms with Crippen LogP contribution in [0.3, 0.4) is 0 Å². The van der Waals surface area contributed by atoms with Crippen LogP contribution < -0.4 is 15.8 Å². The monoisotopic (exact) mass is 376 g/mol. The van der Waals surface area contributed by atoms with Crippen LogP contribution in [0.25, 0.3) is 11.1 Å². The molecule has 5 nitrogen and oxygen atoms in total. The molecule has 0 aliphatic rings. The van der Waals surface area contributed by atoms with Crippen LogP contribution in [-0.4, -0.2) is 25.6 Å². The molecule has 144 valence electrons. The molecule has 1 unspecified atom stereocenters. The van der Waals surface area contributed by atoms with Crippen molar-refractivity contribution >= 4 is 5.91 Å². The van der Waals surface area contributed by atoms with Crippen molar-refractivity contribution in [3.63, 3.8) is 0 Å². The van der Waals surface area contributed by atoms with Gasteiger partial charge in [0.25, 0.3) is 0 Å². The first-order chi connectivity index (χ1) is 13.7. The van der Waals surface area contributed by atoms with Gasteiger partial charge in [-0.1, -0.05) is 48.5 Å². The van der Waals surface area contributed by atoms with E-state index in [0.29, 0.717) is 6.61 Å². The van der Waals surface area contributed by atoms with Gasteiger partial charge in [-0.15, -0.1) is 0 Å². The lowest BCUT2D eigenvalue weighted by molar-refractivity contribution is -0.121. The number of ether oxygens (including phenoxy) is 2. The highest BCUT2D eigenvalue weighted by Gasteiger charge is 2.12. The maximum Gasteiger partial charge on any atom is 0.236 e. The highest BCUT2D eigenvalue weighted by atomic mass is 16.5. The summed E-state index contributed by atoms with van der Waals surface area (Å²) in [4.78, 5) is 11.2. The number of para-hydroxylation sites is 1. The number of likely N-dealkylation sites (N-methyl/N-ethyl adjacent to an activating group) is 1. The molecule has 1 atom stereocenters. The summed E-state index contributed by atoms with van der Waals surface area (Å²) in [6.45, 7) is 0.649. The third kappa shape index (κ3) is 5.42. The van der Waals surface area contributed by atoms with Crippen LogP contribution in [0.5, 0.6) is 11.5 Å². The minimum Gasteiger partial charge on any atom is -0.457 e. The molecule has 0 saturated carbocycles. The summed E-state index contributed by atoms with van der Waals surface area (Å²) in [6.07, 6.45) is 0. The Hall–Kier alpha value is -3.15. The summed E-state index contributed by atoms with van der Waals surface area (Å²) in [5, 5.41) is 2.84.